The smallest absolute Gasteiger partial charge is 0.266 e. The molecule has 0 fully saturated rings. The molecule has 0 aliphatic rings. The molecule has 222 valence electrons. The van der Waals surface area contributed by atoms with Crippen LogP contribution in [0.2, 0.25) is 0 Å². The van der Waals surface area contributed by atoms with Crippen LogP contribution in [0.5, 0.6) is 0 Å². The van der Waals surface area contributed by atoms with Crippen LogP contribution in [0.1, 0.15) is 155 Å². The summed E-state index contributed by atoms with van der Waals surface area (Å²) in [6.07, 6.45) is 21.3. The van der Waals surface area contributed by atoms with Crippen LogP contribution in [0.15, 0.2) is 0 Å². The zero-order valence-electron chi connectivity index (χ0n) is 24.0. The number of aliphatic hydroxyl groups is 2. The van der Waals surface area contributed by atoms with Crippen LogP contribution in [0, 0.1) is 0 Å². The molecule has 37 heavy (non-hydrogen) atoms. The van der Waals surface area contributed by atoms with Crippen molar-refractivity contribution in [1.82, 2.24) is 5.32 Å². The van der Waals surface area contributed by atoms with Crippen molar-refractivity contribution < 1.29 is 28.0 Å². The summed E-state index contributed by atoms with van der Waals surface area (Å²) in [5.41, 5.74) is 0. The zero-order valence-corrected chi connectivity index (χ0v) is 24.8. The fourth-order valence-electron chi connectivity index (χ4n) is 4.75. The largest absolute Gasteiger partial charge is 0.391 e. The fourth-order valence-corrected chi connectivity index (χ4v) is 5.51. The van der Waals surface area contributed by atoms with Gasteiger partial charge < -0.3 is 15.5 Å². The second-order valence-electron chi connectivity index (χ2n) is 10.9. The Morgan fingerprint density at radius 3 is 1.35 bits per heavy atom. The van der Waals surface area contributed by atoms with Crippen molar-refractivity contribution in [3.8, 4) is 0 Å². The molecule has 3 unspecified atom stereocenters. The van der Waals surface area contributed by atoms with Gasteiger partial charge in [-0.1, -0.05) is 142 Å². The lowest BCUT2D eigenvalue weighted by Gasteiger charge is -2.24. The number of amides is 1. The van der Waals surface area contributed by atoms with Gasteiger partial charge in [-0.05, 0) is 12.8 Å². The summed E-state index contributed by atoms with van der Waals surface area (Å²) < 4.78 is 32.2. The molecular weight excluding hydrogens is 490 g/mol. The van der Waals surface area contributed by atoms with Crippen molar-refractivity contribution in [3.63, 3.8) is 0 Å². The number of nitrogens with one attached hydrogen (secondary N) is 1. The number of aliphatic hydroxyl groups excluding tert-OH is 2. The van der Waals surface area contributed by atoms with Crippen molar-refractivity contribution in [2.45, 2.75) is 173 Å². The fraction of sp³-hybridized carbons (Fsp3) is 0.966. The normalized spacial score (nSPS) is 14.4. The molecule has 0 bridgehead atoms. The lowest BCUT2D eigenvalue weighted by Crippen LogP contribution is -2.50. The lowest BCUT2D eigenvalue weighted by molar-refractivity contribution is -0.131. The second kappa shape index (κ2) is 24.3. The third kappa shape index (κ3) is 24.1. The van der Waals surface area contributed by atoms with Crippen LogP contribution in [-0.4, -0.2) is 53.1 Å². The van der Waals surface area contributed by atoms with Crippen molar-refractivity contribution in [2.75, 3.05) is 5.75 Å². The Bertz CT molecular complexity index is 628. The maximum absolute atomic E-state index is 12.4. The predicted molar refractivity (Wildman–Crippen MR) is 153 cm³/mol. The zero-order chi connectivity index (χ0) is 27.8. The van der Waals surface area contributed by atoms with Gasteiger partial charge in [-0.3, -0.25) is 9.35 Å². The Labute approximate surface area is 228 Å². The number of hydrogen-bond acceptors (Lipinski definition) is 5. The molecule has 0 aromatic rings. The minimum absolute atomic E-state index is 0.301. The van der Waals surface area contributed by atoms with Crippen LogP contribution in [0.3, 0.4) is 0 Å². The second-order valence-corrected chi connectivity index (χ2v) is 12.4. The standard InChI is InChI=1S/C29H59NO6S/c1-3-5-7-9-11-13-14-16-18-20-22-24-28(32)29(33)30-26(25-37(34,35)36)27(31)23-21-19-17-15-12-10-8-6-4-2/h26-28,31-32H,3-25H2,1-2H3,(H,30,33)(H,34,35,36). The van der Waals surface area contributed by atoms with Gasteiger partial charge in [0, 0.05) is 0 Å². The number of carbonyl (C=O) groups excluding carboxylic acids is 1. The highest BCUT2D eigenvalue weighted by Gasteiger charge is 2.28. The molecule has 0 saturated carbocycles. The van der Waals surface area contributed by atoms with E-state index in [1.807, 2.05) is 0 Å². The monoisotopic (exact) mass is 549 g/mol. The summed E-state index contributed by atoms with van der Waals surface area (Å²) >= 11 is 0. The van der Waals surface area contributed by atoms with Crippen LogP contribution < -0.4 is 5.32 Å². The average Bonchev–Trinajstić information content (AvgIpc) is 2.84. The van der Waals surface area contributed by atoms with Crippen molar-refractivity contribution >= 4 is 16.0 Å². The van der Waals surface area contributed by atoms with Crippen molar-refractivity contribution in [3.05, 3.63) is 0 Å². The van der Waals surface area contributed by atoms with E-state index in [-0.39, 0.29) is 0 Å². The summed E-state index contributed by atoms with van der Waals surface area (Å²) in [5, 5.41) is 23.2. The van der Waals surface area contributed by atoms with E-state index in [1.165, 1.54) is 77.0 Å². The topological polar surface area (TPSA) is 124 Å². The van der Waals surface area contributed by atoms with E-state index in [1.54, 1.807) is 0 Å². The molecule has 0 aliphatic carbocycles. The van der Waals surface area contributed by atoms with Crippen LogP contribution >= 0.6 is 0 Å². The molecule has 0 heterocycles. The van der Waals surface area contributed by atoms with Gasteiger partial charge in [0.15, 0.2) is 0 Å². The van der Waals surface area contributed by atoms with E-state index < -0.39 is 40.0 Å². The van der Waals surface area contributed by atoms with Crippen molar-refractivity contribution in [1.29, 1.82) is 0 Å². The Balaban J connectivity index is 4.16. The first kappa shape index (κ1) is 36.3. The van der Waals surface area contributed by atoms with E-state index in [4.69, 9.17) is 0 Å². The molecule has 8 heteroatoms. The number of hydrogen-bond donors (Lipinski definition) is 4. The highest BCUT2D eigenvalue weighted by molar-refractivity contribution is 7.85. The summed E-state index contributed by atoms with van der Waals surface area (Å²) in [7, 11) is -4.39. The Morgan fingerprint density at radius 1 is 0.622 bits per heavy atom. The molecule has 0 radical (unpaired) electrons. The lowest BCUT2D eigenvalue weighted by atomic mass is 10.0. The van der Waals surface area contributed by atoms with E-state index in [2.05, 4.69) is 19.2 Å². The maximum Gasteiger partial charge on any atom is 0.266 e. The Hall–Kier alpha value is -0.700. The molecule has 0 aromatic heterocycles. The maximum atomic E-state index is 12.4. The third-order valence-electron chi connectivity index (χ3n) is 7.17. The summed E-state index contributed by atoms with van der Waals surface area (Å²) in [6, 6.07) is -1.14. The molecular formula is C29H59NO6S. The molecule has 1 amide bonds. The minimum atomic E-state index is -4.39. The van der Waals surface area contributed by atoms with Gasteiger partial charge in [0.05, 0.1) is 17.9 Å². The average molecular weight is 550 g/mol. The minimum Gasteiger partial charge on any atom is -0.391 e. The number of carbonyl (C=O) groups is 1. The van der Waals surface area contributed by atoms with E-state index in [0.717, 1.165) is 51.4 Å². The molecule has 0 spiro atoms. The van der Waals surface area contributed by atoms with Crippen LogP contribution in [0.25, 0.3) is 0 Å². The molecule has 0 rings (SSSR count). The Morgan fingerprint density at radius 2 is 0.973 bits per heavy atom. The first-order valence-corrected chi connectivity index (χ1v) is 16.9. The van der Waals surface area contributed by atoms with E-state index in [9.17, 15) is 28.0 Å². The van der Waals surface area contributed by atoms with Gasteiger partial charge in [0.2, 0.25) is 5.91 Å². The van der Waals surface area contributed by atoms with Gasteiger partial charge in [0.25, 0.3) is 10.1 Å². The predicted octanol–water partition coefficient (Wildman–Crippen LogP) is 6.70. The van der Waals surface area contributed by atoms with Gasteiger partial charge in [0.1, 0.15) is 6.10 Å². The molecule has 0 aliphatic heterocycles. The molecule has 0 aromatic carbocycles. The van der Waals surface area contributed by atoms with E-state index in [0.29, 0.717) is 12.8 Å². The number of rotatable bonds is 27. The van der Waals surface area contributed by atoms with Gasteiger partial charge in [-0.2, -0.15) is 8.42 Å². The molecule has 7 nitrogen and oxygen atoms in total. The summed E-state index contributed by atoms with van der Waals surface area (Å²) in [4.78, 5) is 12.4. The molecule has 0 saturated heterocycles. The molecule has 4 N–H and O–H groups in total. The van der Waals surface area contributed by atoms with E-state index >= 15 is 0 Å². The van der Waals surface area contributed by atoms with Gasteiger partial charge in [-0.25, -0.2) is 0 Å². The van der Waals surface area contributed by atoms with Gasteiger partial charge >= 0.3 is 0 Å². The SMILES string of the molecule is CCCCCCCCCCCCCC(O)C(=O)NC(CS(=O)(=O)O)C(O)CCCCCCCCCCC. The first-order chi connectivity index (χ1) is 17.7. The highest BCUT2D eigenvalue weighted by atomic mass is 32.2. The Kier molecular flexibility index (Phi) is 23.9. The number of unbranched alkanes of at least 4 members (excludes halogenated alkanes) is 18. The first-order valence-electron chi connectivity index (χ1n) is 15.3. The summed E-state index contributed by atoms with van der Waals surface area (Å²) in [6.45, 7) is 4.42. The molecule has 3 atom stereocenters. The van der Waals surface area contributed by atoms with Crippen molar-refractivity contribution in [2.24, 2.45) is 0 Å². The summed E-state index contributed by atoms with van der Waals surface area (Å²) in [5.74, 6) is -1.45. The third-order valence-corrected chi connectivity index (χ3v) is 7.95. The quantitative estimate of drug-likeness (QED) is 0.0667. The van der Waals surface area contributed by atoms with Gasteiger partial charge in [-0.15, -0.1) is 0 Å². The highest BCUT2D eigenvalue weighted by Crippen LogP contribution is 2.15. The van der Waals surface area contributed by atoms with Crippen LogP contribution in [-0.2, 0) is 14.9 Å². The van der Waals surface area contributed by atoms with Crippen LogP contribution in [0.4, 0.5) is 0 Å².